The maximum atomic E-state index is 12.8. The number of rotatable bonds is 3. The van der Waals surface area contributed by atoms with Gasteiger partial charge in [-0.3, -0.25) is 9.48 Å². The molecule has 0 aliphatic carbocycles. The van der Waals surface area contributed by atoms with Crippen LogP contribution in [0, 0.1) is 12.8 Å². The lowest BCUT2D eigenvalue weighted by atomic mass is 9.89. The first-order valence-corrected chi connectivity index (χ1v) is 7.64. The third-order valence-corrected chi connectivity index (χ3v) is 4.50. The third kappa shape index (κ3) is 3.41. The molecule has 0 bridgehead atoms. The van der Waals surface area contributed by atoms with Gasteiger partial charge in [-0.15, -0.1) is 12.4 Å². The first kappa shape index (κ1) is 17.5. The highest BCUT2D eigenvalue weighted by Crippen LogP contribution is 2.32. The Morgan fingerprint density at radius 1 is 1.30 bits per heavy atom. The molecule has 0 spiro atoms. The zero-order valence-corrected chi connectivity index (χ0v) is 14.3. The lowest BCUT2D eigenvalue weighted by Crippen LogP contribution is -2.30. The molecule has 1 fully saturated rings. The number of benzene rings is 1. The van der Waals surface area contributed by atoms with Crippen molar-refractivity contribution >= 4 is 18.3 Å². The minimum atomic E-state index is 0. The Kier molecular flexibility index (Phi) is 5.44. The van der Waals surface area contributed by atoms with E-state index >= 15 is 0 Å². The van der Waals surface area contributed by atoms with Crippen molar-refractivity contribution in [2.75, 3.05) is 19.6 Å². The first-order valence-electron chi connectivity index (χ1n) is 7.64. The molecule has 2 aromatic rings. The number of nitrogens with two attached hydrogens (primary N) is 1. The number of aryl methyl sites for hydroxylation is 2. The normalized spacial score (nSPS) is 20.4. The van der Waals surface area contributed by atoms with Crippen LogP contribution in [0.5, 0.6) is 0 Å². The predicted octanol–water partition coefficient (Wildman–Crippen LogP) is 1.96. The molecule has 124 valence electrons. The molecule has 6 heteroatoms. The molecule has 0 unspecified atom stereocenters. The number of aromatic nitrogens is 2. The van der Waals surface area contributed by atoms with Crippen molar-refractivity contribution in [3.05, 3.63) is 53.3 Å². The smallest absolute Gasteiger partial charge is 0.257 e. The molecule has 2 heterocycles. The van der Waals surface area contributed by atoms with Gasteiger partial charge in [0.2, 0.25) is 0 Å². The van der Waals surface area contributed by atoms with Gasteiger partial charge < -0.3 is 10.6 Å². The van der Waals surface area contributed by atoms with Crippen LogP contribution in [0.3, 0.4) is 0 Å². The van der Waals surface area contributed by atoms with Gasteiger partial charge in [-0.25, -0.2) is 0 Å². The van der Waals surface area contributed by atoms with E-state index in [0.29, 0.717) is 30.5 Å². The monoisotopic (exact) mass is 334 g/mol. The van der Waals surface area contributed by atoms with E-state index in [1.165, 1.54) is 5.56 Å². The van der Waals surface area contributed by atoms with Gasteiger partial charge in [-0.2, -0.15) is 5.10 Å². The lowest BCUT2D eigenvalue weighted by molar-refractivity contribution is 0.0785. The summed E-state index contributed by atoms with van der Waals surface area (Å²) >= 11 is 0. The molecule has 1 amide bonds. The number of hydrogen-bond donors (Lipinski definition) is 1. The first-order chi connectivity index (χ1) is 10.6. The molecule has 1 aromatic heterocycles. The summed E-state index contributed by atoms with van der Waals surface area (Å²) < 4.78 is 1.69. The molecule has 23 heavy (non-hydrogen) atoms. The topological polar surface area (TPSA) is 64.2 Å². The summed E-state index contributed by atoms with van der Waals surface area (Å²) in [4.78, 5) is 14.7. The molecule has 5 nitrogen and oxygen atoms in total. The Hall–Kier alpha value is -1.85. The highest BCUT2D eigenvalue weighted by atomic mass is 35.5. The van der Waals surface area contributed by atoms with Gasteiger partial charge in [0.05, 0.1) is 11.3 Å². The van der Waals surface area contributed by atoms with Crippen molar-refractivity contribution in [1.82, 2.24) is 14.7 Å². The van der Waals surface area contributed by atoms with Crippen LogP contribution in [0.25, 0.3) is 0 Å². The molecule has 2 N–H and O–H groups in total. The Labute approximate surface area is 142 Å². The molecule has 3 rings (SSSR count). The Balaban J connectivity index is 0.00000192. The van der Waals surface area contributed by atoms with E-state index in [2.05, 4.69) is 17.2 Å². The van der Waals surface area contributed by atoms with Crippen molar-refractivity contribution in [3.8, 4) is 0 Å². The van der Waals surface area contributed by atoms with Crippen molar-refractivity contribution in [1.29, 1.82) is 0 Å². The van der Waals surface area contributed by atoms with Crippen LogP contribution in [0.1, 0.15) is 27.5 Å². The Morgan fingerprint density at radius 2 is 2.00 bits per heavy atom. The van der Waals surface area contributed by atoms with Gasteiger partial charge in [0.1, 0.15) is 0 Å². The largest absolute Gasteiger partial charge is 0.338 e. The predicted molar refractivity (Wildman–Crippen MR) is 92.8 cm³/mol. The minimum absolute atomic E-state index is 0. The van der Waals surface area contributed by atoms with Gasteiger partial charge in [0.25, 0.3) is 5.91 Å². The quantitative estimate of drug-likeness (QED) is 0.933. The second kappa shape index (κ2) is 7.15. The van der Waals surface area contributed by atoms with Gasteiger partial charge in [0.15, 0.2) is 0 Å². The van der Waals surface area contributed by atoms with Crippen LogP contribution < -0.4 is 5.73 Å². The van der Waals surface area contributed by atoms with E-state index < -0.39 is 0 Å². The summed E-state index contributed by atoms with van der Waals surface area (Å²) in [6, 6.07) is 10.3. The fourth-order valence-corrected chi connectivity index (χ4v) is 3.33. The van der Waals surface area contributed by atoms with Crippen LogP contribution in [-0.4, -0.2) is 40.2 Å². The number of likely N-dealkylation sites (tertiary alicyclic amines) is 1. The number of nitrogens with zero attached hydrogens (tertiary/aromatic N) is 3. The Morgan fingerprint density at radius 3 is 2.57 bits per heavy atom. The maximum absolute atomic E-state index is 12.8. The Bertz CT molecular complexity index is 670. The summed E-state index contributed by atoms with van der Waals surface area (Å²) in [5, 5.41) is 4.26. The SMILES string of the molecule is Cc1nn(C)cc1C(=O)N1C[C@@H](CN)[C@H](c2ccccc2)C1.Cl. The zero-order chi connectivity index (χ0) is 15.7. The van der Waals surface area contributed by atoms with E-state index in [1.54, 1.807) is 10.9 Å². The van der Waals surface area contributed by atoms with E-state index in [-0.39, 0.29) is 18.3 Å². The number of hydrogen-bond acceptors (Lipinski definition) is 3. The molecule has 1 saturated heterocycles. The molecule has 1 aliphatic heterocycles. The van der Waals surface area contributed by atoms with Crippen LogP contribution in [-0.2, 0) is 7.05 Å². The van der Waals surface area contributed by atoms with Gasteiger partial charge >= 0.3 is 0 Å². The summed E-state index contributed by atoms with van der Waals surface area (Å²) in [6.07, 6.45) is 1.80. The van der Waals surface area contributed by atoms with Crippen molar-refractivity contribution in [2.24, 2.45) is 18.7 Å². The third-order valence-electron chi connectivity index (χ3n) is 4.50. The van der Waals surface area contributed by atoms with E-state index in [9.17, 15) is 4.79 Å². The van der Waals surface area contributed by atoms with E-state index in [1.807, 2.05) is 37.1 Å². The van der Waals surface area contributed by atoms with Gasteiger partial charge in [0, 0.05) is 32.3 Å². The van der Waals surface area contributed by atoms with Crippen LogP contribution >= 0.6 is 12.4 Å². The summed E-state index contributed by atoms with van der Waals surface area (Å²) in [5.41, 5.74) is 8.67. The molecule has 2 atom stereocenters. The highest BCUT2D eigenvalue weighted by Gasteiger charge is 2.36. The van der Waals surface area contributed by atoms with Crippen LogP contribution in [0.2, 0.25) is 0 Å². The van der Waals surface area contributed by atoms with Crippen LogP contribution in [0.15, 0.2) is 36.5 Å². The number of halogens is 1. The molecule has 1 aliphatic rings. The minimum Gasteiger partial charge on any atom is -0.338 e. The van der Waals surface area contributed by atoms with Crippen molar-refractivity contribution in [3.63, 3.8) is 0 Å². The number of carbonyl (C=O) groups is 1. The van der Waals surface area contributed by atoms with E-state index in [0.717, 1.165) is 12.2 Å². The molecule has 1 aromatic carbocycles. The lowest BCUT2D eigenvalue weighted by Gasteiger charge is -2.16. The van der Waals surface area contributed by atoms with Crippen LogP contribution in [0.4, 0.5) is 0 Å². The standard InChI is InChI=1S/C17H22N4O.ClH/c1-12-15(10-20(2)19-12)17(22)21-9-14(8-18)16(11-21)13-6-4-3-5-7-13;/h3-7,10,14,16H,8-9,11,18H2,1-2H3;1H/t14-,16+;/m1./s1. The average Bonchev–Trinajstić information content (AvgIpc) is 3.10. The van der Waals surface area contributed by atoms with Crippen molar-refractivity contribution < 1.29 is 4.79 Å². The summed E-state index contributed by atoms with van der Waals surface area (Å²) in [7, 11) is 1.84. The number of amides is 1. The highest BCUT2D eigenvalue weighted by molar-refractivity contribution is 5.95. The van der Waals surface area contributed by atoms with E-state index in [4.69, 9.17) is 5.73 Å². The zero-order valence-electron chi connectivity index (χ0n) is 13.5. The summed E-state index contributed by atoms with van der Waals surface area (Å²) in [6.45, 7) is 3.90. The summed E-state index contributed by atoms with van der Waals surface area (Å²) in [5.74, 6) is 0.679. The average molecular weight is 335 g/mol. The molecular weight excluding hydrogens is 312 g/mol. The van der Waals surface area contributed by atoms with Gasteiger partial charge in [-0.05, 0) is 24.9 Å². The molecular formula is C17H23ClN4O. The van der Waals surface area contributed by atoms with Gasteiger partial charge in [-0.1, -0.05) is 30.3 Å². The fourth-order valence-electron chi connectivity index (χ4n) is 3.33. The molecule has 0 saturated carbocycles. The second-order valence-electron chi connectivity index (χ2n) is 6.02. The molecule has 0 radical (unpaired) electrons. The fraction of sp³-hybridized carbons (Fsp3) is 0.412. The van der Waals surface area contributed by atoms with Crippen molar-refractivity contribution in [2.45, 2.75) is 12.8 Å². The maximum Gasteiger partial charge on any atom is 0.257 e. The second-order valence-corrected chi connectivity index (χ2v) is 6.02. The number of carbonyl (C=O) groups excluding carboxylic acids is 1.